The summed E-state index contributed by atoms with van der Waals surface area (Å²) in [6.07, 6.45) is -0.440. The quantitative estimate of drug-likeness (QED) is 0.738. The first-order valence-corrected chi connectivity index (χ1v) is 10.00. The van der Waals surface area contributed by atoms with Crippen LogP contribution in [0.3, 0.4) is 0 Å². The molecule has 0 radical (unpaired) electrons. The van der Waals surface area contributed by atoms with Gasteiger partial charge in [-0.3, -0.25) is 9.59 Å². The number of hydrogen-bond acceptors (Lipinski definition) is 4. The molecule has 6 nitrogen and oxygen atoms in total. The molecule has 2 atom stereocenters. The zero-order chi connectivity index (χ0) is 21.6. The topological polar surface area (TPSA) is 90.0 Å². The Morgan fingerprint density at radius 1 is 1.23 bits per heavy atom. The molecule has 2 aromatic rings. The summed E-state index contributed by atoms with van der Waals surface area (Å²) in [5.74, 6) is 0.600. The third-order valence-electron chi connectivity index (χ3n) is 6.21. The van der Waals surface area contributed by atoms with Gasteiger partial charge in [0.05, 0.1) is 17.6 Å². The van der Waals surface area contributed by atoms with E-state index in [2.05, 4.69) is 10.4 Å². The number of nitrogens with two attached hydrogens (primary N) is 1. The Labute approximate surface area is 171 Å². The van der Waals surface area contributed by atoms with Crippen LogP contribution in [0.2, 0.25) is 0 Å². The standard InChI is InChI=1S/C21H23F3N4O2/c1-11(13-8-15(21(22,23)24)10-16(25)9-13)26-20(30)17-3-5-19(29)28(27-17)18-4-2-12-6-14(18)7-12/h3,5,8-12,14,18H,2,4,6-7,25H2,1H3,(H,26,30)/t11-,12?,14?,18+/m1/s1. The number of nitrogen functional groups attached to an aromatic ring is 1. The van der Waals surface area contributed by atoms with Crippen molar-refractivity contribution in [3.63, 3.8) is 0 Å². The molecule has 5 rings (SSSR count). The van der Waals surface area contributed by atoms with Crippen LogP contribution in [0.15, 0.2) is 35.1 Å². The molecule has 3 aliphatic carbocycles. The molecule has 1 heterocycles. The number of alkyl halides is 3. The zero-order valence-electron chi connectivity index (χ0n) is 16.4. The second kappa shape index (κ2) is 7.45. The molecule has 30 heavy (non-hydrogen) atoms. The molecule has 0 unspecified atom stereocenters. The van der Waals surface area contributed by atoms with Gasteiger partial charge in [0.1, 0.15) is 5.69 Å². The van der Waals surface area contributed by atoms with Crippen LogP contribution < -0.4 is 16.6 Å². The predicted molar refractivity (Wildman–Crippen MR) is 105 cm³/mol. The summed E-state index contributed by atoms with van der Waals surface area (Å²) < 4.78 is 40.5. The van der Waals surface area contributed by atoms with Gasteiger partial charge in [-0.25, -0.2) is 4.68 Å². The minimum Gasteiger partial charge on any atom is -0.399 e. The number of rotatable bonds is 4. The average molecular weight is 420 g/mol. The summed E-state index contributed by atoms with van der Waals surface area (Å²) in [4.78, 5) is 25.0. The Morgan fingerprint density at radius 3 is 2.60 bits per heavy atom. The van der Waals surface area contributed by atoms with Crippen molar-refractivity contribution >= 4 is 11.6 Å². The summed E-state index contributed by atoms with van der Waals surface area (Å²) in [5, 5.41) is 6.93. The SMILES string of the molecule is C[C@@H](NC(=O)c1ccc(=O)n([C@H]2CCC3CC2C3)n1)c1cc(N)cc(C(F)(F)F)c1. The lowest BCUT2D eigenvalue weighted by atomic mass is 9.63. The number of hydrogen-bond donors (Lipinski definition) is 2. The van der Waals surface area contributed by atoms with E-state index in [9.17, 15) is 22.8 Å². The number of benzene rings is 1. The van der Waals surface area contributed by atoms with E-state index in [-0.39, 0.29) is 28.5 Å². The molecule has 0 aliphatic heterocycles. The van der Waals surface area contributed by atoms with Crippen molar-refractivity contribution in [1.82, 2.24) is 15.1 Å². The second-order valence-corrected chi connectivity index (χ2v) is 8.32. The van der Waals surface area contributed by atoms with E-state index in [0.29, 0.717) is 5.92 Å². The third kappa shape index (κ3) is 3.93. The van der Waals surface area contributed by atoms with Gasteiger partial charge in [0.2, 0.25) is 0 Å². The molecular weight excluding hydrogens is 397 g/mol. The number of carbonyl (C=O) groups is 1. The number of fused-ring (bicyclic) bond motifs is 2. The second-order valence-electron chi connectivity index (χ2n) is 8.32. The number of halogens is 3. The smallest absolute Gasteiger partial charge is 0.399 e. The molecule has 0 saturated heterocycles. The first kappa shape index (κ1) is 20.4. The van der Waals surface area contributed by atoms with Gasteiger partial charge in [-0.1, -0.05) is 0 Å². The Kier molecular flexibility index (Phi) is 5.07. The fourth-order valence-electron chi connectivity index (χ4n) is 4.53. The normalized spacial score (nSPS) is 24.1. The van der Waals surface area contributed by atoms with Crippen molar-refractivity contribution in [2.24, 2.45) is 11.8 Å². The number of anilines is 1. The summed E-state index contributed by atoms with van der Waals surface area (Å²) >= 11 is 0. The van der Waals surface area contributed by atoms with Crippen LogP contribution in [-0.2, 0) is 6.18 Å². The van der Waals surface area contributed by atoms with Gasteiger partial charge in [0, 0.05) is 11.8 Å². The fourth-order valence-corrected chi connectivity index (χ4v) is 4.53. The van der Waals surface area contributed by atoms with Gasteiger partial charge >= 0.3 is 6.18 Å². The van der Waals surface area contributed by atoms with Gasteiger partial charge in [0.25, 0.3) is 11.5 Å². The molecule has 3 saturated carbocycles. The highest BCUT2D eigenvalue weighted by Gasteiger charge is 2.41. The molecule has 0 spiro atoms. The number of amides is 1. The molecule has 160 valence electrons. The minimum absolute atomic E-state index is 0.00376. The van der Waals surface area contributed by atoms with Crippen molar-refractivity contribution in [1.29, 1.82) is 0 Å². The van der Waals surface area contributed by atoms with Crippen molar-refractivity contribution in [3.8, 4) is 0 Å². The monoisotopic (exact) mass is 420 g/mol. The third-order valence-corrected chi connectivity index (χ3v) is 6.21. The molecule has 1 aromatic carbocycles. The molecular formula is C21H23F3N4O2. The first-order valence-electron chi connectivity index (χ1n) is 10.00. The van der Waals surface area contributed by atoms with Crippen molar-refractivity contribution in [2.75, 3.05) is 5.73 Å². The lowest BCUT2D eigenvalue weighted by molar-refractivity contribution is -0.137. The molecule has 9 heteroatoms. The van der Waals surface area contributed by atoms with Crippen molar-refractivity contribution in [3.05, 3.63) is 57.5 Å². The van der Waals surface area contributed by atoms with Crippen LogP contribution in [0.4, 0.5) is 18.9 Å². The minimum atomic E-state index is -4.54. The maximum absolute atomic E-state index is 13.0. The van der Waals surface area contributed by atoms with Gasteiger partial charge in [-0.15, -0.1) is 0 Å². The summed E-state index contributed by atoms with van der Waals surface area (Å²) in [5.41, 5.74) is 4.74. The van der Waals surface area contributed by atoms with Crippen molar-refractivity contribution < 1.29 is 18.0 Å². The van der Waals surface area contributed by atoms with Crippen LogP contribution in [0.1, 0.15) is 66.3 Å². The number of aromatic nitrogens is 2. The lowest BCUT2D eigenvalue weighted by Crippen LogP contribution is -2.42. The van der Waals surface area contributed by atoms with Gasteiger partial charge in [-0.05, 0) is 74.3 Å². The largest absolute Gasteiger partial charge is 0.416 e. The highest BCUT2D eigenvalue weighted by Crippen LogP contribution is 2.50. The number of nitrogens with one attached hydrogen (secondary N) is 1. The van der Waals surface area contributed by atoms with Crippen LogP contribution in [0.25, 0.3) is 0 Å². The van der Waals surface area contributed by atoms with E-state index < -0.39 is 23.7 Å². The average Bonchev–Trinajstić information content (AvgIpc) is 2.66. The molecule has 1 amide bonds. The molecule has 1 aromatic heterocycles. The summed E-state index contributed by atoms with van der Waals surface area (Å²) in [6.45, 7) is 1.57. The Bertz CT molecular complexity index is 1020. The lowest BCUT2D eigenvalue weighted by Gasteiger charge is -2.46. The number of carbonyl (C=O) groups excluding carboxylic acids is 1. The van der Waals surface area contributed by atoms with Gasteiger partial charge < -0.3 is 11.1 Å². The highest BCUT2D eigenvalue weighted by atomic mass is 19.4. The Hall–Kier alpha value is -2.84. The summed E-state index contributed by atoms with van der Waals surface area (Å²) in [6, 6.07) is 5.13. The molecule has 3 fully saturated rings. The van der Waals surface area contributed by atoms with E-state index >= 15 is 0 Å². The molecule has 3 N–H and O–H groups in total. The van der Waals surface area contributed by atoms with Crippen molar-refractivity contribution in [2.45, 2.75) is 50.9 Å². The van der Waals surface area contributed by atoms with Crippen LogP contribution >= 0.6 is 0 Å². The van der Waals surface area contributed by atoms with Crippen LogP contribution in [0.5, 0.6) is 0 Å². The van der Waals surface area contributed by atoms with E-state index in [1.807, 2.05) is 0 Å². The maximum atomic E-state index is 13.0. The Balaban J connectivity index is 1.53. The summed E-state index contributed by atoms with van der Waals surface area (Å²) in [7, 11) is 0. The van der Waals surface area contributed by atoms with Gasteiger partial charge in [-0.2, -0.15) is 18.3 Å². The van der Waals surface area contributed by atoms with E-state index in [0.717, 1.165) is 43.7 Å². The van der Waals surface area contributed by atoms with E-state index in [4.69, 9.17) is 5.73 Å². The zero-order valence-corrected chi connectivity index (χ0v) is 16.4. The van der Waals surface area contributed by atoms with Crippen LogP contribution in [0, 0.1) is 11.8 Å². The van der Waals surface area contributed by atoms with E-state index in [1.165, 1.54) is 22.9 Å². The Morgan fingerprint density at radius 2 is 1.97 bits per heavy atom. The maximum Gasteiger partial charge on any atom is 0.416 e. The van der Waals surface area contributed by atoms with Gasteiger partial charge in [0.15, 0.2) is 0 Å². The van der Waals surface area contributed by atoms with Crippen LogP contribution in [-0.4, -0.2) is 15.7 Å². The molecule has 3 aliphatic rings. The fraction of sp³-hybridized carbons (Fsp3) is 0.476. The highest BCUT2D eigenvalue weighted by molar-refractivity contribution is 5.92. The predicted octanol–water partition coefficient (Wildman–Crippen LogP) is 3.70. The first-order chi connectivity index (χ1) is 14.1. The van der Waals surface area contributed by atoms with E-state index in [1.54, 1.807) is 6.92 Å². The number of nitrogens with zero attached hydrogens (tertiary/aromatic N) is 2. The molecule has 2 bridgehead atoms.